The number of carbonyl (C=O) groups excluding carboxylic acids is 1. The quantitative estimate of drug-likeness (QED) is 0.864. The number of methoxy groups -OCH3 is 1. The van der Waals surface area contributed by atoms with Gasteiger partial charge in [-0.3, -0.25) is 4.79 Å². The molecule has 0 unspecified atom stereocenters. The van der Waals surface area contributed by atoms with Gasteiger partial charge in [0.05, 0.1) is 12.7 Å². The second-order valence-electron chi connectivity index (χ2n) is 4.94. The summed E-state index contributed by atoms with van der Waals surface area (Å²) < 4.78 is 5.27. The minimum Gasteiger partial charge on any atom is -0.496 e. The van der Waals surface area contributed by atoms with Crippen molar-refractivity contribution in [1.82, 2.24) is 9.88 Å². The lowest BCUT2D eigenvalue weighted by atomic mass is 10.1. The number of ether oxygens (including phenoxy) is 1. The van der Waals surface area contributed by atoms with E-state index in [-0.39, 0.29) is 5.91 Å². The number of nitrogens with zero attached hydrogens (tertiary/aromatic N) is 3. The van der Waals surface area contributed by atoms with E-state index in [1.165, 1.54) is 0 Å². The maximum absolute atomic E-state index is 12.7. The van der Waals surface area contributed by atoms with Crippen molar-refractivity contribution in [2.24, 2.45) is 0 Å². The van der Waals surface area contributed by atoms with Crippen molar-refractivity contribution in [2.75, 3.05) is 38.2 Å². The molecule has 5 nitrogen and oxygen atoms in total. The summed E-state index contributed by atoms with van der Waals surface area (Å²) in [6, 6.07) is 5.11. The molecule has 0 spiro atoms. The van der Waals surface area contributed by atoms with Gasteiger partial charge in [0, 0.05) is 42.8 Å². The number of rotatable bonds is 3. The number of benzene rings is 1. The molecule has 0 radical (unpaired) electrons. The van der Waals surface area contributed by atoms with Gasteiger partial charge in [0.2, 0.25) is 0 Å². The summed E-state index contributed by atoms with van der Waals surface area (Å²) in [6.07, 6.45) is 1.80. The van der Waals surface area contributed by atoms with E-state index in [9.17, 15) is 4.79 Å². The van der Waals surface area contributed by atoms with Gasteiger partial charge >= 0.3 is 0 Å². The van der Waals surface area contributed by atoms with Gasteiger partial charge in [0.15, 0.2) is 5.13 Å². The monoisotopic (exact) mass is 337 g/mol. The zero-order valence-corrected chi connectivity index (χ0v) is 13.7. The maximum atomic E-state index is 12.7. The molecule has 0 N–H and O–H groups in total. The van der Waals surface area contributed by atoms with Crippen LogP contribution < -0.4 is 9.64 Å². The average Bonchev–Trinajstić information content (AvgIpc) is 3.09. The van der Waals surface area contributed by atoms with Crippen LogP contribution in [-0.4, -0.2) is 49.1 Å². The van der Waals surface area contributed by atoms with E-state index in [0.717, 1.165) is 18.2 Å². The zero-order valence-electron chi connectivity index (χ0n) is 12.2. The second-order valence-corrected chi connectivity index (χ2v) is 6.25. The summed E-state index contributed by atoms with van der Waals surface area (Å²) in [7, 11) is 1.56. The molecule has 116 valence electrons. The van der Waals surface area contributed by atoms with Crippen molar-refractivity contribution in [2.45, 2.75) is 0 Å². The Labute approximate surface area is 138 Å². The Hall–Kier alpha value is -1.79. The van der Waals surface area contributed by atoms with Crippen LogP contribution in [-0.2, 0) is 0 Å². The Morgan fingerprint density at radius 2 is 2.09 bits per heavy atom. The smallest absolute Gasteiger partial charge is 0.257 e. The highest BCUT2D eigenvalue weighted by Gasteiger charge is 2.25. The van der Waals surface area contributed by atoms with Crippen molar-refractivity contribution in [3.63, 3.8) is 0 Å². The molecule has 1 aliphatic rings. The number of carbonyl (C=O) groups is 1. The third kappa shape index (κ3) is 3.03. The second kappa shape index (κ2) is 6.54. The molecule has 0 saturated carbocycles. The number of aromatic nitrogens is 1. The van der Waals surface area contributed by atoms with E-state index in [4.69, 9.17) is 16.3 Å². The number of piperazine rings is 1. The lowest BCUT2D eigenvalue weighted by Crippen LogP contribution is -2.48. The van der Waals surface area contributed by atoms with Gasteiger partial charge in [0.1, 0.15) is 5.75 Å². The van der Waals surface area contributed by atoms with Gasteiger partial charge in [-0.25, -0.2) is 4.98 Å². The number of amides is 1. The van der Waals surface area contributed by atoms with E-state index in [2.05, 4.69) is 9.88 Å². The first-order valence-corrected chi connectivity index (χ1v) is 8.22. The Morgan fingerprint density at radius 1 is 1.32 bits per heavy atom. The molecule has 1 aliphatic heterocycles. The number of hydrogen-bond donors (Lipinski definition) is 0. The van der Waals surface area contributed by atoms with Crippen molar-refractivity contribution in [3.05, 3.63) is 40.4 Å². The Morgan fingerprint density at radius 3 is 2.73 bits per heavy atom. The molecule has 2 aromatic rings. The topological polar surface area (TPSA) is 45.7 Å². The molecule has 0 bridgehead atoms. The molecule has 1 aromatic heterocycles. The van der Waals surface area contributed by atoms with Crippen molar-refractivity contribution in [3.8, 4) is 5.75 Å². The molecule has 0 atom stereocenters. The Balaban J connectivity index is 1.71. The fraction of sp³-hybridized carbons (Fsp3) is 0.333. The van der Waals surface area contributed by atoms with Crippen LogP contribution in [0.25, 0.3) is 0 Å². The summed E-state index contributed by atoms with van der Waals surface area (Å²) in [4.78, 5) is 21.0. The third-order valence-corrected chi connectivity index (χ3v) is 4.72. The molecular weight excluding hydrogens is 322 g/mol. The maximum Gasteiger partial charge on any atom is 0.257 e. The normalized spacial score (nSPS) is 15.0. The first-order chi connectivity index (χ1) is 10.7. The third-order valence-electron chi connectivity index (χ3n) is 3.65. The first-order valence-electron chi connectivity index (χ1n) is 6.96. The fourth-order valence-corrected chi connectivity index (χ4v) is 3.36. The molecule has 1 fully saturated rings. The molecule has 1 saturated heterocycles. The summed E-state index contributed by atoms with van der Waals surface area (Å²) in [6.45, 7) is 2.88. The molecular formula is C15H16ClN3O2S. The zero-order chi connectivity index (χ0) is 15.5. The standard InChI is InChI=1S/C15H16ClN3O2S/c1-21-13-3-2-11(16)10-12(13)14(20)18-5-7-19(8-6-18)15-17-4-9-22-15/h2-4,9-10H,5-8H2,1H3. The van der Waals surface area contributed by atoms with E-state index in [1.807, 2.05) is 10.3 Å². The first kappa shape index (κ1) is 15.1. The van der Waals surface area contributed by atoms with Gasteiger partial charge in [-0.05, 0) is 18.2 Å². The lowest BCUT2D eigenvalue weighted by molar-refractivity contribution is 0.0743. The minimum absolute atomic E-state index is 0.0434. The molecule has 1 amide bonds. The predicted molar refractivity (Wildman–Crippen MR) is 88.2 cm³/mol. The van der Waals surface area contributed by atoms with E-state index in [0.29, 0.717) is 29.4 Å². The van der Waals surface area contributed by atoms with E-state index in [1.54, 1.807) is 42.8 Å². The van der Waals surface area contributed by atoms with Gasteiger partial charge in [0.25, 0.3) is 5.91 Å². The van der Waals surface area contributed by atoms with Crippen molar-refractivity contribution in [1.29, 1.82) is 0 Å². The highest BCUT2D eigenvalue weighted by Crippen LogP contribution is 2.25. The Kier molecular flexibility index (Phi) is 4.49. The molecule has 0 aliphatic carbocycles. The Bertz CT molecular complexity index is 655. The van der Waals surface area contributed by atoms with Crippen molar-refractivity contribution >= 4 is 34.0 Å². The van der Waals surface area contributed by atoms with Crippen LogP contribution in [0.4, 0.5) is 5.13 Å². The number of anilines is 1. The van der Waals surface area contributed by atoms with Crippen LogP contribution >= 0.6 is 22.9 Å². The van der Waals surface area contributed by atoms with E-state index < -0.39 is 0 Å². The van der Waals surface area contributed by atoms with Gasteiger partial charge in [-0.1, -0.05) is 11.6 Å². The van der Waals surface area contributed by atoms with Crippen LogP contribution in [0.5, 0.6) is 5.75 Å². The minimum atomic E-state index is -0.0434. The van der Waals surface area contributed by atoms with Crippen LogP contribution in [0.15, 0.2) is 29.8 Å². The summed E-state index contributed by atoms with van der Waals surface area (Å²) in [5.74, 6) is 0.509. The predicted octanol–water partition coefficient (Wildman–Crippen LogP) is 2.77. The fourth-order valence-electron chi connectivity index (χ4n) is 2.49. The molecule has 1 aromatic carbocycles. The molecule has 22 heavy (non-hydrogen) atoms. The SMILES string of the molecule is COc1ccc(Cl)cc1C(=O)N1CCN(c2nccs2)CC1. The van der Waals surface area contributed by atoms with Gasteiger partial charge in [-0.2, -0.15) is 0 Å². The molecule has 3 rings (SSSR count). The highest BCUT2D eigenvalue weighted by atomic mass is 35.5. The van der Waals surface area contributed by atoms with Crippen molar-refractivity contribution < 1.29 is 9.53 Å². The summed E-state index contributed by atoms with van der Waals surface area (Å²) in [5, 5.41) is 3.50. The average molecular weight is 338 g/mol. The van der Waals surface area contributed by atoms with Crippen LogP contribution in [0.3, 0.4) is 0 Å². The lowest BCUT2D eigenvalue weighted by Gasteiger charge is -2.34. The molecule has 2 heterocycles. The summed E-state index contributed by atoms with van der Waals surface area (Å²) in [5.41, 5.74) is 0.512. The number of halogens is 1. The largest absolute Gasteiger partial charge is 0.496 e. The highest BCUT2D eigenvalue weighted by molar-refractivity contribution is 7.13. The van der Waals surface area contributed by atoms with Crippen LogP contribution in [0, 0.1) is 0 Å². The van der Waals surface area contributed by atoms with Gasteiger partial charge in [-0.15, -0.1) is 11.3 Å². The number of hydrogen-bond acceptors (Lipinski definition) is 5. The van der Waals surface area contributed by atoms with E-state index >= 15 is 0 Å². The van der Waals surface area contributed by atoms with Gasteiger partial charge < -0.3 is 14.5 Å². The summed E-state index contributed by atoms with van der Waals surface area (Å²) >= 11 is 7.62. The van der Waals surface area contributed by atoms with Crippen LogP contribution in [0.2, 0.25) is 5.02 Å². The number of thiazole rings is 1. The van der Waals surface area contributed by atoms with Crippen LogP contribution in [0.1, 0.15) is 10.4 Å². The molecule has 7 heteroatoms.